The lowest BCUT2D eigenvalue weighted by Crippen LogP contribution is -2.53. The Bertz CT molecular complexity index is 1140. The molecule has 0 radical (unpaired) electrons. The Kier molecular flexibility index (Phi) is 6.74. The number of hydrogen-bond donors (Lipinski definition) is 2. The van der Waals surface area contributed by atoms with Gasteiger partial charge in [-0.2, -0.15) is 13.2 Å². The maximum absolute atomic E-state index is 13.1. The molecule has 0 aliphatic heterocycles. The van der Waals surface area contributed by atoms with Gasteiger partial charge in [-0.15, -0.1) is 11.3 Å². The van der Waals surface area contributed by atoms with E-state index in [1.807, 2.05) is 20.8 Å². The Hall–Kier alpha value is -1.99. The van der Waals surface area contributed by atoms with Crippen molar-refractivity contribution in [2.45, 2.75) is 70.7 Å². The van der Waals surface area contributed by atoms with Gasteiger partial charge in [-0.05, 0) is 57.9 Å². The smallest absolute Gasteiger partial charge is 0.350 e. The van der Waals surface area contributed by atoms with Crippen LogP contribution >= 0.6 is 23.1 Å². The largest absolute Gasteiger partial charge is 0.441 e. The lowest BCUT2D eigenvalue weighted by atomic mass is 10.1. The van der Waals surface area contributed by atoms with Crippen LogP contribution in [0, 0.1) is 6.92 Å². The summed E-state index contributed by atoms with van der Waals surface area (Å²) >= 11 is 0.909. The number of aryl methyl sites for hydroxylation is 2. The van der Waals surface area contributed by atoms with Gasteiger partial charge in [0.2, 0.25) is 0 Å². The second kappa shape index (κ2) is 8.75. The molecule has 1 aliphatic rings. The topological polar surface area (TPSA) is 102 Å². The molecule has 2 amide bonds. The van der Waals surface area contributed by atoms with Crippen molar-refractivity contribution in [1.82, 2.24) is 19.6 Å². The first-order valence-electron chi connectivity index (χ1n) is 10.0. The number of hydrogen-bond acceptors (Lipinski definition) is 6. The molecular weight excluding hydrogens is 467 g/mol. The van der Waals surface area contributed by atoms with Gasteiger partial charge in [0.1, 0.15) is 4.83 Å². The standard InChI is InChI=1S/C19H26F3N5O3S2/c1-10-12(9-26(16(23)29)24-18(2,3)4)32-15-13(10)14(28)27(11-5-6-11)17(30)25(15)7-8-31-19(20,21)22/h11,24H,5-9H2,1-4H3,(H2,23,29). The summed E-state index contributed by atoms with van der Waals surface area (Å²) in [4.78, 5) is 39.1. The fourth-order valence-electron chi connectivity index (χ4n) is 3.39. The molecule has 0 bridgehead atoms. The Morgan fingerprint density at radius 1 is 1.28 bits per heavy atom. The zero-order valence-corrected chi connectivity index (χ0v) is 19.8. The van der Waals surface area contributed by atoms with Crippen LogP contribution in [-0.4, -0.2) is 37.0 Å². The summed E-state index contributed by atoms with van der Waals surface area (Å²) in [6.45, 7) is 7.13. The number of carbonyl (C=O) groups is 1. The molecule has 3 N–H and O–H groups in total. The number of rotatable bonds is 7. The normalized spacial score (nSPS) is 14.8. The molecule has 2 heterocycles. The van der Waals surface area contributed by atoms with Gasteiger partial charge in [0.25, 0.3) is 5.56 Å². The van der Waals surface area contributed by atoms with Crippen molar-refractivity contribution < 1.29 is 18.0 Å². The van der Waals surface area contributed by atoms with E-state index in [9.17, 15) is 27.6 Å². The molecule has 178 valence electrons. The molecule has 32 heavy (non-hydrogen) atoms. The predicted octanol–water partition coefficient (Wildman–Crippen LogP) is 3.30. The predicted molar refractivity (Wildman–Crippen MR) is 120 cm³/mol. The molecule has 1 saturated carbocycles. The van der Waals surface area contributed by atoms with Crippen molar-refractivity contribution >= 4 is 39.3 Å². The highest BCUT2D eigenvalue weighted by molar-refractivity contribution is 8.00. The fourth-order valence-corrected chi connectivity index (χ4v) is 5.20. The number of aromatic nitrogens is 2. The summed E-state index contributed by atoms with van der Waals surface area (Å²) in [6, 6.07) is -0.945. The quantitative estimate of drug-likeness (QED) is 0.577. The van der Waals surface area contributed by atoms with Gasteiger partial charge in [-0.1, -0.05) is 0 Å². The van der Waals surface area contributed by atoms with Gasteiger partial charge < -0.3 is 5.73 Å². The number of halogens is 3. The molecule has 0 unspecified atom stereocenters. The maximum Gasteiger partial charge on any atom is 0.441 e. The van der Waals surface area contributed by atoms with Gasteiger partial charge in [0.15, 0.2) is 0 Å². The summed E-state index contributed by atoms with van der Waals surface area (Å²) in [5.74, 6) is -0.355. The number of thiophene rings is 1. The average Bonchev–Trinajstić information content (AvgIpc) is 3.40. The van der Waals surface area contributed by atoms with Crippen LogP contribution < -0.4 is 22.4 Å². The van der Waals surface area contributed by atoms with Crippen LogP contribution in [0.25, 0.3) is 10.2 Å². The van der Waals surface area contributed by atoms with E-state index in [1.165, 1.54) is 9.58 Å². The van der Waals surface area contributed by atoms with Crippen molar-refractivity contribution in [3.8, 4) is 0 Å². The summed E-state index contributed by atoms with van der Waals surface area (Å²) < 4.78 is 40.3. The highest BCUT2D eigenvalue weighted by Gasteiger charge is 2.32. The van der Waals surface area contributed by atoms with E-state index >= 15 is 0 Å². The van der Waals surface area contributed by atoms with E-state index in [4.69, 9.17) is 5.73 Å². The van der Waals surface area contributed by atoms with Gasteiger partial charge in [0, 0.05) is 28.8 Å². The van der Waals surface area contributed by atoms with Gasteiger partial charge in [-0.25, -0.2) is 15.0 Å². The lowest BCUT2D eigenvalue weighted by Gasteiger charge is -2.30. The zero-order chi connectivity index (χ0) is 24.0. The summed E-state index contributed by atoms with van der Waals surface area (Å²) in [7, 11) is 0. The molecule has 0 aromatic carbocycles. The van der Waals surface area contributed by atoms with E-state index < -0.39 is 28.3 Å². The van der Waals surface area contributed by atoms with Crippen LogP contribution in [0.2, 0.25) is 0 Å². The third-order valence-electron chi connectivity index (χ3n) is 4.87. The number of carbonyl (C=O) groups excluding carboxylic acids is 1. The second-order valence-corrected chi connectivity index (χ2v) is 11.0. The SMILES string of the molecule is Cc1c(CN(NC(C)(C)C)C(N)=O)sc2c1c(=O)n(C1CC1)c(=O)n2CCSC(F)(F)F. The fraction of sp³-hybridized carbons (Fsp3) is 0.632. The first-order valence-corrected chi connectivity index (χ1v) is 11.8. The number of hydrazine groups is 1. The van der Waals surface area contributed by atoms with E-state index in [-0.39, 0.29) is 36.6 Å². The first-order chi connectivity index (χ1) is 14.7. The first kappa shape index (κ1) is 24.6. The summed E-state index contributed by atoms with van der Waals surface area (Å²) in [5, 5.41) is 1.52. The molecule has 2 aromatic heterocycles. The third kappa shape index (κ3) is 5.49. The summed E-state index contributed by atoms with van der Waals surface area (Å²) in [5.41, 5.74) is 3.16. The van der Waals surface area contributed by atoms with Crippen LogP contribution in [-0.2, 0) is 13.1 Å². The number of nitrogens with one attached hydrogen (secondary N) is 1. The molecular formula is C19H26F3N5O3S2. The third-order valence-corrected chi connectivity index (χ3v) is 6.89. The molecule has 0 atom stereocenters. The van der Waals surface area contributed by atoms with E-state index in [0.717, 1.165) is 15.9 Å². The molecule has 2 aromatic rings. The zero-order valence-electron chi connectivity index (χ0n) is 18.2. The van der Waals surface area contributed by atoms with Gasteiger partial charge >= 0.3 is 17.2 Å². The minimum Gasteiger partial charge on any atom is -0.350 e. The van der Waals surface area contributed by atoms with E-state index in [1.54, 1.807) is 6.92 Å². The van der Waals surface area contributed by atoms with Crippen LogP contribution in [0.3, 0.4) is 0 Å². The van der Waals surface area contributed by atoms with Gasteiger partial charge in [-0.3, -0.25) is 18.9 Å². The van der Waals surface area contributed by atoms with Crippen LogP contribution in [0.4, 0.5) is 18.0 Å². The molecule has 1 aliphatic carbocycles. The van der Waals surface area contributed by atoms with E-state index in [0.29, 0.717) is 33.5 Å². The Labute approximate surface area is 190 Å². The van der Waals surface area contributed by atoms with Crippen LogP contribution in [0.5, 0.6) is 0 Å². The number of primary amides is 1. The number of nitrogens with zero attached hydrogens (tertiary/aromatic N) is 3. The number of thioether (sulfide) groups is 1. The van der Waals surface area contributed by atoms with Crippen LogP contribution in [0.15, 0.2) is 9.59 Å². The van der Waals surface area contributed by atoms with Crippen molar-refractivity contribution in [2.24, 2.45) is 5.73 Å². The Morgan fingerprint density at radius 2 is 1.91 bits per heavy atom. The average molecular weight is 494 g/mol. The van der Waals surface area contributed by atoms with Crippen molar-refractivity contribution in [3.05, 3.63) is 31.3 Å². The number of fused-ring (bicyclic) bond motifs is 1. The minimum atomic E-state index is -4.41. The molecule has 0 saturated heterocycles. The van der Waals surface area contributed by atoms with Crippen molar-refractivity contribution in [3.63, 3.8) is 0 Å². The summed E-state index contributed by atoms with van der Waals surface area (Å²) in [6.07, 6.45) is 1.36. The molecule has 0 spiro atoms. The highest BCUT2D eigenvalue weighted by Crippen LogP contribution is 2.35. The number of nitrogens with two attached hydrogens (primary N) is 1. The minimum absolute atomic E-state index is 0.0478. The molecule has 8 nitrogen and oxygen atoms in total. The van der Waals surface area contributed by atoms with Crippen LogP contribution in [0.1, 0.15) is 50.1 Å². The van der Waals surface area contributed by atoms with Crippen molar-refractivity contribution in [2.75, 3.05) is 5.75 Å². The van der Waals surface area contributed by atoms with E-state index in [2.05, 4.69) is 5.43 Å². The number of alkyl halides is 3. The second-order valence-electron chi connectivity index (χ2n) is 8.75. The molecule has 13 heteroatoms. The highest BCUT2D eigenvalue weighted by atomic mass is 32.2. The monoisotopic (exact) mass is 493 g/mol. The number of amides is 2. The van der Waals surface area contributed by atoms with Crippen molar-refractivity contribution in [1.29, 1.82) is 0 Å². The molecule has 3 rings (SSSR count). The van der Waals surface area contributed by atoms with Gasteiger partial charge in [0.05, 0.1) is 11.9 Å². The Morgan fingerprint density at radius 3 is 2.41 bits per heavy atom. The number of urea groups is 1. The molecule has 1 fully saturated rings. The Balaban J connectivity index is 2.09. The maximum atomic E-state index is 13.1. The lowest BCUT2D eigenvalue weighted by molar-refractivity contribution is -0.0328.